The van der Waals surface area contributed by atoms with E-state index in [1.807, 2.05) is 38.1 Å². The van der Waals surface area contributed by atoms with Crippen LogP contribution in [0.15, 0.2) is 54.7 Å². The van der Waals surface area contributed by atoms with Gasteiger partial charge in [0, 0.05) is 26.1 Å². The SMILES string of the molecule is CC(C)C1C(=O)N(Cc2cn(CCC3OCCO3)nn2)CCS(=O)(=O)N1Cc1ccc(-c2ccc(F)cc2)cc1. The van der Waals surface area contributed by atoms with Crippen LogP contribution in [0.2, 0.25) is 0 Å². The van der Waals surface area contributed by atoms with Crippen LogP contribution in [-0.4, -0.2) is 76.4 Å². The third-order valence-corrected chi connectivity index (χ3v) is 8.95. The summed E-state index contributed by atoms with van der Waals surface area (Å²) in [6.45, 7) is 5.77. The summed E-state index contributed by atoms with van der Waals surface area (Å²) < 4.78 is 54.1. The van der Waals surface area contributed by atoms with Crippen molar-refractivity contribution in [3.63, 3.8) is 0 Å². The smallest absolute Gasteiger partial charge is 0.241 e. The van der Waals surface area contributed by atoms with E-state index in [-0.39, 0.29) is 49.3 Å². The maximum absolute atomic E-state index is 13.8. The van der Waals surface area contributed by atoms with Gasteiger partial charge in [-0.3, -0.25) is 9.48 Å². The monoisotopic (exact) mass is 571 g/mol. The van der Waals surface area contributed by atoms with Crippen LogP contribution < -0.4 is 0 Å². The number of rotatable bonds is 9. The van der Waals surface area contributed by atoms with Gasteiger partial charge in [-0.15, -0.1) is 5.10 Å². The maximum Gasteiger partial charge on any atom is 0.241 e. The zero-order valence-corrected chi connectivity index (χ0v) is 23.5. The van der Waals surface area contributed by atoms with Crippen LogP contribution in [0.5, 0.6) is 0 Å². The van der Waals surface area contributed by atoms with E-state index in [1.165, 1.54) is 16.4 Å². The molecule has 5 rings (SSSR count). The second-order valence-electron chi connectivity index (χ2n) is 10.4. The highest BCUT2D eigenvalue weighted by atomic mass is 32.2. The Morgan fingerprint density at radius 3 is 2.30 bits per heavy atom. The van der Waals surface area contributed by atoms with Crippen molar-refractivity contribution in [3.05, 3.63) is 71.8 Å². The summed E-state index contributed by atoms with van der Waals surface area (Å²) in [6, 6.07) is 12.8. The lowest BCUT2D eigenvalue weighted by Crippen LogP contribution is -2.49. The van der Waals surface area contributed by atoms with Crippen LogP contribution >= 0.6 is 0 Å². The molecule has 0 spiro atoms. The summed E-state index contributed by atoms with van der Waals surface area (Å²) in [5.74, 6) is -0.982. The quantitative estimate of drug-likeness (QED) is 0.389. The second-order valence-corrected chi connectivity index (χ2v) is 12.5. The molecule has 1 amide bonds. The van der Waals surface area contributed by atoms with Crippen molar-refractivity contribution in [3.8, 4) is 11.1 Å². The Morgan fingerprint density at radius 2 is 1.65 bits per heavy atom. The molecular formula is C28H34FN5O5S. The number of sulfonamides is 1. The van der Waals surface area contributed by atoms with E-state index >= 15 is 0 Å². The lowest BCUT2D eigenvalue weighted by atomic mass is 10.0. The first kappa shape index (κ1) is 28.3. The number of halogens is 1. The minimum absolute atomic E-state index is 0.0704. The van der Waals surface area contributed by atoms with Crippen LogP contribution in [0.1, 0.15) is 31.5 Å². The number of hydrogen-bond acceptors (Lipinski definition) is 7. The number of ether oxygens (including phenoxy) is 2. The first-order valence-electron chi connectivity index (χ1n) is 13.4. The molecule has 40 heavy (non-hydrogen) atoms. The number of carbonyl (C=O) groups excluding carboxylic acids is 1. The average molecular weight is 572 g/mol. The van der Waals surface area contributed by atoms with Gasteiger partial charge in [0.25, 0.3) is 0 Å². The zero-order chi connectivity index (χ0) is 28.3. The predicted octanol–water partition coefficient (Wildman–Crippen LogP) is 3.05. The van der Waals surface area contributed by atoms with E-state index in [0.29, 0.717) is 31.9 Å². The van der Waals surface area contributed by atoms with Crippen molar-refractivity contribution in [2.24, 2.45) is 5.92 Å². The first-order chi connectivity index (χ1) is 19.2. The van der Waals surface area contributed by atoms with Crippen LogP contribution in [0.25, 0.3) is 11.1 Å². The molecular weight excluding hydrogens is 537 g/mol. The molecule has 2 saturated heterocycles. The van der Waals surface area contributed by atoms with E-state index in [0.717, 1.165) is 16.7 Å². The third-order valence-electron chi connectivity index (χ3n) is 7.18. The Hall–Kier alpha value is -3.19. The molecule has 2 aliphatic rings. The molecule has 0 bridgehead atoms. The highest BCUT2D eigenvalue weighted by Crippen LogP contribution is 2.27. The number of aromatic nitrogens is 3. The van der Waals surface area contributed by atoms with Gasteiger partial charge >= 0.3 is 0 Å². The Labute approximate surface area is 233 Å². The van der Waals surface area contributed by atoms with E-state index in [2.05, 4.69) is 10.3 Å². The Balaban J connectivity index is 1.29. The standard InChI is InChI=1S/C28H34FN5O5S/c1-20(2)27-28(35)32(18-25-19-33(31-30-25)12-11-26-38-14-15-39-26)13-16-40(36,37)34(27)17-21-3-5-22(6-4-21)23-7-9-24(29)10-8-23/h3-10,19-20,26-27H,11-18H2,1-2H3. The molecule has 0 N–H and O–H groups in total. The summed E-state index contributed by atoms with van der Waals surface area (Å²) in [7, 11) is -3.73. The number of benzene rings is 2. The Kier molecular flexibility index (Phi) is 8.60. The lowest BCUT2D eigenvalue weighted by Gasteiger charge is -2.32. The van der Waals surface area contributed by atoms with E-state index in [9.17, 15) is 17.6 Å². The van der Waals surface area contributed by atoms with Gasteiger partial charge in [0.05, 0.1) is 31.7 Å². The minimum Gasteiger partial charge on any atom is -0.350 e. The Bertz CT molecular complexity index is 1410. The van der Waals surface area contributed by atoms with Crippen molar-refractivity contribution in [2.45, 2.75) is 52.2 Å². The predicted molar refractivity (Wildman–Crippen MR) is 146 cm³/mol. The molecule has 12 heteroatoms. The maximum atomic E-state index is 13.8. The number of aryl methyl sites for hydroxylation is 1. The van der Waals surface area contributed by atoms with Gasteiger partial charge in [0.15, 0.2) is 6.29 Å². The summed E-state index contributed by atoms with van der Waals surface area (Å²) in [6.07, 6.45) is 2.16. The topological polar surface area (TPSA) is 107 Å². The van der Waals surface area contributed by atoms with Crippen LogP contribution in [-0.2, 0) is 43.9 Å². The van der Waals surface area contributed by atoms with E-state index < -0.39 is 16.1 Å². The summed E-state index contributed by atoms with van der Waals surface area (Å²) in [4.78, 5) is 15.3. The number of carbonyl (C=O) groups is 1. The molecule has 2 fully saturated rings. The fourth-order valence-corrected chi connectivity index (χ4v) is 6.77. The van der Waals surface area contributed by atoms with Gasteiger partial charge in [-0.25, -0.2) is 12.8 Å². The van der Waals surface area contributed by atoms with Gasteiger partial charge in [-0.2, -0.15) is 4.31 Å². The highest BCUT2D eigenvalue weighted by Gasteiger charge is 2.42. The van der Waals surface area contributed by atoms with Gasteiger partial charge in [0.1, 0.15) is 17.6 Å². The number of nitrogens with zero attached hydrogens (tertiary/aromatic N) is 5. The van der Waals surface area contributed by atoms with Crippen molar-refractivity contribution < 1.29 is 27.1 Å². The van der Waals surface area contributed by atoms with Gasteiger partial charge in [-0.05, 0) is 34.7 Å². The molecule has 2 aliphatic heterocycles. The molecule has 3 aromatic rings. The van der Waals surface area contributed by atoms with Crippen LogP contribution in [0.4, 0.5) is 4.39 Å². The Morgan fingerprint density at radius 1 is 1.00 bits per heavy atom. The van der Waals surface area contributed by atoms with Gasteiger partial charge < -0.3 is 14.4 Å². The van der Waals surface area contributed by atoms with Crippen molar-refractivity contribution >= 4 is 15.9 Å². The van der Waals surface area contributed by atoms with Crippen molar-refractivity contribution in [1.82, 2.24) is 24.2 Å². The molecule has 3 heterocycles. The molecule has 0 aliphatic carbocycles. The fourth-order valence-electron chi connectivity index (χ4n) is 5.06. The van der Waals surface area contributed by atoms with Gasteiger partial charge in [0.2, 0.25) is 15.9 Å². The summed E-state index contributed by atoms with van der Waals surface area (Å²) >= 11 is 0. The molecule has 214 valence electrons. The molecule has 1 unspecified atom stereocenters. The highest BCUT2D eigenvalue weighted by molar-refractivity contribution is 7.89. The number of amides is 1. The van der Waals surface area contributed by atoms with Crippen molar-refractivity contribution in [1.29, 1.82) is 0 Å². The number of hydrogen-bond donors (Lipinski definition) is 0. The molecule has 1 atom stereocenters. The largest absolute Gasteiger partial charge is 0.350 e. The normalized spacial score (nSPS) is 20.4. The molecule has 10 nitrogen and oxygen atoms in total. The van der Waals surface area contributed by atoms with Crippen molar-refractivity contribution in [2.75, 3.05) is 25.5 Å². The zero-order valence-electron chi connectivity index (χ0n) is 22.6. The summed E-state index contributed by atoms with van der Waals surface area (Å²) in [5.41, 5.74) is 3.10. The van der Waals surface area contributed by atoms with Crippen LogP contribution in [0, 0.1) is 11.7 Å². The molecule has 2 aromatic carbocycles. The average Bonchev–Trinajstić information content (AvgIpc) is 3.60. The minimum atomic E-state index is -3.73. The lowest BCUT2D eigenvalue weighted by molar-refractivity contribution is -0.136. The van der Waals surface area contributed by atoms with E-state index in [4.69, 9.17) is 9.47 Å². The first-order valence-corrected chi connectivity index (χ1v) is 15.1. The van der Waals surface area contributed by atoms with E-state index in [1.54, 1.807) is 27.9 Å². The summed E-state index contributed by atoms with van der Waals surface area (Å²) in [5, 5.41) is 8.35. The molecule has 0 saturated carbocycles. The molecule has 0 radical (unpaired) electrons. The van der Waals surface area contributed by atoms with Gasteiger partial charge in [-0.1, -0.05) is 55.5 Å². The van der Waals surface area contributed by atoms with Crippen LogP contribution in [0.3, 0.4) is 0 Å². The fraction of sp³-hybridized carbons (Fsp3) is 0.464. The molecule has 1 aromatic heterocycles. The second kappa shape index (κ2) is 12.1. The third kappa shape index (κ3) is 6.57.